The highest BCUT2D eigenvalue weighted by Crippen LogP contribution is 2.35. The van der Waals surface area contributed by atoms with E-state index in [0.717, 1.165) is 16.1 Å². The van der Waals surface area contributed by atoms with E-state index in [9.17, 15) is 4.79 Å². The van der Waals surface area contributed by atoms with Crippen LogP contribution in [0.15, 0.2) is 36.9 Å². The first kappa shape index (κ1) is 16.6. The van der Waals surface area contributed by atoms with Gasteiger partial charge in [-0.1, -0.05) is 6.07 Å². The summed E-state index contributed by atoms with van der Waals surface area (Å²) < 4.78 is 8.56. The Bertz CT molecular complexity index is 1120. The minimum atomic E-state index is -0.223. The zero-order valence-corrected chi connectivity index (χ0v) is 15.2. The summed E-state index contributed by atoms with van der Waals surface area (Å²) in [4.78, 5) is 14.2. The second kappa shape index (κ2) is 6.90. The van der Waals surface area contributed by atoms with Gasteiger partial charge in [0.15, 0.2) is 0 Å². The van der Waals surface area contributed by atoms with Crippen LogP contribution in [-0.4, -0.2) is 52.9 Å². The maximum Gasteiger partial charge on any atom is 0.259 e. The van der Waals surface area contributed by atoms with Crippen LogP contribution in [0, 0.1) is 0 Å². The lowest BCUT2D eigenvalue weighted by atomic mass is 10.0. The Hall–Kier alpha value is -3.51. The lowest BCUT2D eigenvalue weighted by Gasteiger charge is -2.14. The maximum atomic E-state index is 13.2. The molecule has 1 amide bonds. The predicted octanol–water partition coefficient (Wildman–Crippen LogP) is 1.02. The fraction of sp³-hybridized carbons (Fsp3) is 0.188. The molecule has 0 radical (unpaired) electrons. The first-order chi connectivity index (χ1) is 13.8. The number of tetrazole rings is 2. The van der Waals surface area contributed by atoms with E-state index in [2.05, 4.69) is 36.4 Å². The van der Waals surface area contributed by atoms with E-state index < -0.39 is 0 Å². The molecular weight excluding hydrogens is 382 g/mol. The molecule has 1 aromatic carbocycles. The van der Waals surface area contributed by atoms with Crippen molar-refractivity contribution in [3.8, 4) is 10.7 Å². The largest absolute Gasteiger partial charge is 0.376 e. The van der Waals surface area contributed by atoms with Gasteiger partial charge in [0.25, 0.3) is 5.91 Å². The van der Waals surface area contributed by atoms with Gasteiger partial charge in [-0.25, -0.2) is 4.68 Å². The molecular formula is C16H13N9O2S. The third-order valence-electron chi connectivity index (χ3n) is 4.30. The van der Waals surface area contributed by atoms with Crippen LogP contribution in [-0.2, 0) is 17.8 Å². The predicted molar refractivity (Wildman–Crippen MR) is 97.5 cm³/mol. The van der Waals surface area contributed by atoms with Crippen LogP contribution >= 0.6 is 11.3 Å². The van der Waals surface area contributed by atoms with Crippen molar-refractivity contribution in [3.05, 3.63) is 52.9 Å². The summed E-state index contributed by atoms with van der Waals surface area (Å²) in [7, 11) is 0. The number of amides is 1. The third kappa shape index (κ3) is 2.93. The monoisotopic (exact) mass is 395 g/mol. The minimum absolute atomic E-state index is 0.223. The van der Waals surface area contributed by atoms with Gasteiger partial charge in [0.05, 0.1) is 24.5 Å². The molecule has 0 saturated heterocycles. The number of carbonyl (C=O) groups is 1. The molecule has 1 N–H and O–H groups in total. The van der Waals surface area contributed by atoms with E-state index in [4.69, 9.17) is 4.74 Å². The van der Waals surface area contributed by atoms with Crippen LogP contribution in [0.5, 0.6) is 0 Å². The normalized spacial score (nSPS) is 13.3. The quantitative estimate of drug-likeness (QED) is 0.543. The number of nitrogens with zero attached hydrogens (tertiary/aromatic N) is 8. The van der Waals surface area contributed by atoms with E-state index in [-0.39, 0.29) is 5.91 Å². The van der Waals surface area contributed by atoms with Crippen LogP contribution in [0.3, 0.4) is 0 Å². The second-order valence-corrected chi connectivity index (χ2v) is 7.08. The summed E-state index contributed by atoms with van der Waals surface area (Å²) in [5, 5.41) is 26.1. The Morgan fingerprint density at radius 2 is 1.96 bits per heavy atom. The van der Waals surface area contributed by atoms with Gasteiger partial charge in [0.2, 0.25) is 0 Å². The van der Waals surface area contributed by atoms with Crippen molar-refractivity contribution in [2.75, 3.05) is 11.9 Å². The van der Waals surface area contributed by atoms with E-state index >= 15 is 0 Å². The third-order valence-corrected chi connectivity index (χ3v) is 5.50. The van der Waals surface area contributed by atoms with Gasteiger partial charge < -0.3 is 10.1 Å². The van der Waals surface area contributed by atoms with Crippen molar-refractivity contribution < 1.29 is 9.53 Å². The summed E-state index contributed by atoms with van der Waals surface area (Å²) in [5.41, 5.74) is 2.93. The molecule has 140 valence electrons. The fourth-order valence-electron chi connectivity index (χ4n) is 3.07. The van der Waals surface area contributed by atoms with Crippen molar-refractivity contribution in [3.63, 3.8) is 0 Å². The van der Waals surface area contributed by atoms with Gasteiger partial charge in [-0.2, -0.15) is 4.68 Å². The highest BCUT2D eigenvalue weighted by atomic mass is 32.1. The van der Waals surface area contributed by atoms with Gasteiger partial charge >= 0.3 is 0 Å². The van der Waals surface area contributed by atoms with Gasteiger partial charge in [-0.3, -0.25) is 4.79 Å². The molecule has 0 bridgehead atoms. The molecule has 12 heteroatoms. The Labute approximate surface area is 161 Å². The molecule has 0 saturated carbocycles. The molecule has 0 unspecified atom stereocenters. The number of aromatic nitrogens is 8. The van der Waals surface area contributed by atoms with E-state index in [1.54, 1.807) is 6.07 Å². The Balaban J connectivity index is 1.51. The van der Waals surface area contributed by atoms with Gasteiger partial charge in [0.1, 0.15) is 17.7 Å². The zero-order chi connectivity index (χ0) is 18.9. The number of nitrogens with one attached hydrogen (secondary N) is 1. The van der Waals surface area contributed by atoms with Gasteiger partial charge in [0, 0.05) is 10.6 Å². The average molecular weight is 395 g/mol. The van der Waals surface area contributed by atoms with Gasteiger partial charge in [-0.15, -0.1) is 21.5 Å². The van der Waals surface area contributed by atoms with Crippen LogP contribution in [0.2, 0.25) is 0 Å². The van der Waals surface area contributed by atoms with Crippen molar-refractivity contribution in [2.24, 2.45) is 0 Å². The fourth-order valence-corrected chi connectivity index (χ4v) is 4.27. The highest BCUT2D eigenvalue weighted by Gasteiger charge is 2.27. The van der Waals surface area contributed by atoms with Crippen molar-refractivity contribution in [1.29, 1.82) is 0 Å². The highest BCUT2D eigenvalue weighted by molar-refractivity contribution is 7.15. The van der Waals surface area contributed by atoms with Crippen molar-refractivity contribution in [2.45, 2.75) is 13.0 Å². The number of benzene rings is 1. The van der Waals surface area contributed by atoms with Crippen LogP contribution < -0.4 is 5.32 Å². The Morgan fingerprint density at radius 1 is 1.14 bits per heavy atom. The first-order valence-corrected chi connectivity index (χ1v) is 9.21. The van der Waals surface area contributed by atoms with Crippen molar-refractivity contribution in [1.82, 2.24) is 40.4 Å². The number of ether oxygens (including phenoxy) is 1. The molecule has 11 nitrogen and oxygen atoms in total. The van der Waals surface area contributed by atoms with Crippen LogP contribution in [0.25, 0.3) is 10.7 Å². The molecule has 0 fully saturated rings. The molecule has 0 aliphatic carbocycles. The molecule has 3 aromatic heterocycles. The average Bonchev–Trinajstić information content (AvgIpc) is 3.48. The number of anilines is 1. The number of carbonyl (C=O) groups excluding carboxylic acids is 1. The summed E-state index contributed by atoms with van der Waals surface area (Å²) in [6.45, 7) is 1.06. The molecule has 1 aliphatic heterocycles. The summed E-state index contributed by atoms with van der Waals surface area (Å²) in [5.74, 6) is -0.223. The maximum absolute atomic E-state index is 13.2. The second-order valence-electron chi connectivity index (χ2n) is 6.00. The van der Waals surface area contributed by atoms with Crippen LogP contribution in [0.1, 0.15) is 20.8 Å². The molecule has 0 atom stereocenters. The molecule has 1 aliphatic rings. The summed E-state index contributed by atoms with van der Waals surface area (Å²) >= 11 is 1.46. The summed E-state index contributed by atoms with van der Waals surface area (Å²) in [6.07, 6.45) is 3.64. The lowest BCUT2D eigenvalue weighted by molar-refractivity contribution is 0.101. The first-order valence-electron chi connectivity index (χ1n) is 8.40. The Kier molecular flexibility index (Phi) is 4.10. The van der Waals surface area contributed by atoms with Gasteiger partial charge in [-0.05, 0) is 51.0 Å². The van der Waals surface area contributed by atoms with Crippen molar-refractivity contribution >= 4 is 22.9 Å². The number of rotatable bonds is 4. The smallest absolute Gasteiger partial charge is 0.259 e. The number of thiophene rings is 1. The minimum Gasteiger partial charge on any atom is -0.376 e. The summed E-state index contributed by atoms with van der Waals surface area (Å²) in [6, 6.07) is 7.28. The van der Waals surface area contributed by atoms with E-state index in [0.29, 0.717) is 35.9 Å². The number of hydrogen-bond donors (Lipinski definition) is 1. The molecule has 28 heavy (non-hydrogen) atoms. The van der Waals surface area contributed by atoms with E-state index in [1.165, 1.54) is 33.4 Å². The van der Waals surface area contributed by atoms with Crippen LogP contribution in [0.4, 0.5) is 5.69 Å². The zero-order valence-electron chi connectivity index (χ0n) is 14.4. The standard InChI is InChI=1S/C16H13N9O2S/c26-15(19-10-2-1-3-11(6-10)24-8-17-20-22-24)14-12-4-5-27-7-13(12)28-16(14)25-9-18-21-23-25/h1-3,6,8-9H,4-5,7H2,(H,19,26). The number of fused-ring (bicyclic) bond motifs is 1. The van der Waals surface area contributed by atoms with E-state index in [1.807, 2.05) is 18.2 Å². The molecule has 0 spiro atoms. The topological polar surface area (TPSA) is 126 Å². The Morgan fingerprint density at radius 3 is 2.75 bits per heavy atom. The lowest BCUT2D eigenvalue weighted by Crippen LogP contribution is -2.18. The SMILES string of the molecule is O=C(Nc1cccc(-n2cnnn2)c1)c1c(-n2cnnn2)sc2c1CCOC2. The molecule has 4 heterocycles. The molecule has 5 rings (SSSR count). The molecule has 4 aromatic rings. The number of hydrogen-bond acceptors (Lipinski definition) is 9.